The van der Waals surface area contributed by atoms with Crippen molar-refractivity contribution >= 4 is 45.6 Å². The zero-order valence-electron chi connectivity index (χ0n) is 16.9. The Morgan fingerprint density at radius 2 is 2.10 bits per heavy atom. The van der Waals surface area contributed by atoms with Crippen molar-refractivity contribution in [1.82, 2.24) is 9.88 Å². The number of thiazole rings is 1. The fraction of sp³-hybridized carbons (Fsp3) is 0.273. The molecule has 0 unspecified atom stereocenters. The Bertz CT molecular complexity index is 1090. The van der Waals surface area contributed by atoms with Gasteiger partial charge in [-0.3, -0.25) is 15.0 Å². The Balaban J connectivity index is 1.28. The van der Waals surface area contributed by atoms with Gasteiger partial charge in [0.15, 0.2) is 11.7 Å². The van der Waals surface area contributed by atoms with Gasteiger partial charge in [0, 0.05) is 30.0 Å². The number of nitrogens with zero attached hydrogens (tertiary/aromatic N) is 2. The van der Waals surface area contributed by atoms with Crippen LogP contribution in [0.3, 0.4) is 0 Å². The van der Waals surface area contributed by atoms with Gasteiger partial charge >= 0.3 is 0 Å². The highest BCUT2D eigenvalue weighted by Gasteiger charge is 2.18. The second-order valence-electron chi connectivity index (χ2n) is 7.15. The van der Waals surface area contributed by atoms with E-state index in [9.17, 15) is 4.79 Å². The zero-order chi connectivity index (χ0) is 21.8. The first-order valence-corrected chi connectivity index (χ1v) is 11.3. The molecule has 1 aromatic heterocycles. The summed E-state index contributed by atoms with van der Waals surface area (Å²) in [5.41, 5.74) is 3.58. The first-order chi connectivity index (χ1) is 15.0. The number of anilines is 1. The van der Waals surface area contributed by atoms with Gasteiger partial charge in [-0.25, -0.2) is 4.98 Å². The van der Waals surface area contributed by atoms with Gasteiger partial charge < -0.3 is 9.47 Å². The van der Waals surface area contributed by atoms with Crippen LogP contribution in [0.15, 0.2) is 41.8 Å². The summed E-state index contributed by atoms with van der Waals surface area (Å²) in [5, 5.41) is 6.16. The molecule has 2 heterocycles. The van der Waals surface area contributed by atoms with Gasteiger partial charge in [-0.1, -0.05) is 29.3 Å². The standard InChI is InChI=1S/C22H21Cl2N3O3S/c1-29-18-4-2-15-10-27(7-6-14(15)8-18)11-17-13-31-22(25-17)26-21(28)12-30-20-5-3-16(23)9-19(20)24/h2-5,8-9,13H,6-7,10-12H2,1H3,(H,25,26,28). The molecule has 0 saturated carbocycles. The number of benzene rings is 2. The molecule has 1 aliphatic heterocycles. The van der Waals surface area contributed by atoms with Gasteiger partial charge in [-0.2, -0.15) is 0 Å². The lowest BCUT2D eigenvalue weighted by Gasteiger charge is -2.28. The van der Waals surface area contributed by atoms with Gasteiger partial charge in [-0.15, -0.1) is 11.3 Å². The predicted octanol–water partition coefficient (Wildman–Crippen LogP) is 5.03. The lowest BCUT2D eigenvalue weighted by Crippen LogP contribution is -2.30. The maximum Gasteiger partial charge on any atom is 0.264 e. The molecule has 0 radical (unpaired) electrons. The van der Waals surface area contributed by atoms with Crippen LogP contribution in [0.2, 0.25) is 10.0 Å². The number of nitrogens with one attached hydrogen (secondary N) is 1. The summed E-state index contributed by atoms with van der Waals surface area (Å²) >= 11 is 13.3. The number of rotatable bonds is 7. The van der Waals surface area contributed by atoms with Crippen molar-refractivity contribution in [2.45, 2.75) is 19.5 Å². The monoisotopic (exact) mass is 477 g/mol. The molecule has 0 saturated heterocycles. The molecule has 2 aromatic carbocycles. The molecule has 1 aliphatic rings. The second kappa shape index (κ2) is 9.87. The molecule has 4 rings (SSSR count). The maximum absolute atomic E-state index is 12.2. The van der Waals surface area contributed by atoms with Crippen LogP contribution in [0.25, 0.3) is 0 Å². The van der Waals surface area contributed by atoms with Crippen LogP contribution in [0.1, 0.15) is 16.8 Å². The molecule has 162 valence electrons. The van der Waals surface area contributed by atoms with E-state index in [1.807, 2.05) is 11.4 Å². The lowest BCUT2D eigenvalue weighted by atomic mass is 9.99. The van der Waals surface area contributed by atoms with Crippen LogP contribution < -0.4 is 14.8 Å². The molecular formula is C22H21Cl2N3O3S. The summed E-state index contributed by atoms with van der Waals surface area (Å²) in [5.74, 6) is 1.01. The van der Waals surface area contributed by atoms with E-state index in [0.29, 0.717) is 20.9 Å². The van der Waals surface area contributed by atoms with Crippen molar-refractivity contribution in [3.05, 3.63) is 68.6 Å². The van der Waals surface area contributed by atoms with Crippen molar-refractivity contribution in [2.75, 3.05) is 25.6 Å². The number of hydrogen-bond acceptors (Lipinski definition) is 6. The van der Waals surface area contributed by atoms with Crippen molar-refractivity contribution in [3.8, 4) is 11.5 Å². The van der Waals surface area contributed by atoms with E-state index >= 15 is 0 Å². The van der Waals surface area contributed by atoms with Crippen molar-refractivity contribution < 1.29 is 14.3 Å². The summed E-state index contributed by atoms with van der Waals surface area (Å²) in [6, 6.07) is 11.1. The first-order valence-electron chi connectivity index (χ1n) is 9.70. The molecule has 1 N–H and O–H groups in total. The van der Waals surface area contributed by atoms with E-state index in [2.05, 4.69) is 27.3 Å². The van der Waals surface area contributed by atoms with E-state index in [1.165, 1.54) is 22.5 Å². The van der Waals surface area contributed by atoms with Gasteiger partial charge in [-0.05, 0) is 47.9 Å². The van der Waals surface area contributed by atoms with E-state index < -0.39 is 0 Å². The predicted molar refractivity (Wildman–Crippen MR) is 124 cm³/mol. The Labute approximate surface area is 194 Å². The van der Waals surface area contributed by atoms with Crippen LogP contribution >= 0.6 is 34.5 Å². The minimum Gasteiger partial charge on any atom is -0.497 e. The summed E-state index contributed by atoms with van der Waals surface area (Å²) in [6.45, 7) is 2.39. The molecule has 6 nitrogen and oxygen atoms in total. The SMILES string of the molecule is COc1ccc2c(c1)CCN(Cc1csc(NC(=O)COc3ccc(Cl)cc3Cl)n1)C2. The fourth-order valence-electron chi connectivity index (χ4n) is 3.41. The number of methoxy groups -OCH3 is 1. The number of carbonyl (C=O) groups excluding carboxylic acids is 1. The maximum atomic E-state index is 12.2. The molecule has 1 amide bonds. The van der Waals surface area contributed by atoms with Gasteiger partial charge in [0.05, 0.1) is 17.8 Å². The van der Waals surface area contributed by atoms with Crippen molar-refractivity contribution in [3.63, 3.8) is 0 Å². The molecule has 0 bridgehead atoms. The van der Waals surface area contributed by atoms with E-state index in [1.54, 1.807) is 25.3 Å². The molecule has 3 aromatic rings. The van der Waals surface area contributed by atoms with Gasteiger partial charge in [0.25, 0.3) is 5.91 Å². The third kappa shape index (κ3) is 5.68. The minimum atomic E-state index is -0.298. The van der Waals surface area contributed by atoms with Crippen molar-refractivity contribution in [1.29, 1.82) is 0 Å². The smallest absolute Gasteiger partial charge is 0.264 e. The van der Waals surface area contributed by atoms with E-state index in [-0.39, 0.29) is 12.5 Å². The van der Waals surface area contributed by atoms with Crippen LogP contribution in [-0.4, -0.2) is 36.1 Å². The highest BCUT2D eigenvalue weighted by Crippen LogP contribution is 2.28. The summed E-state index contributed by atoms with van der Waals surface area (Å²) in [4.78, 5) is 19.1. The number of amides is 1. The largest absolute Gasteiger partial charge is 0.497 e. The molecule has 0 fully saturated rings. The minimum absolute atomic E-state index is 0.164. The van der Waals surface area contributed by atoms with Gasteiger partial charge in [0.2, 0.25) is 0 Å². The second-order valence-corrected chi connectivity index (χ2v) is 8.85. The van der Waals surface area contributed by atoms with Crippen LogP contribution in [-0.2, 0) is 24.3 Å². The number of aromatic nitrogens is 1. The molecule has 31 heavy (non-hydrogen) atoms. The summed E-state index contributed by atoms with van der Waals surface area (Å²) < 4.78 is 10.8. The number of fused-ring (bicyclic) bond motifs is 1. The van der Waals surface area contributed by atoms with Crippen LogP contribution in [0.5, 0.6) is 11.5 Å². The molecule has 0 atom stereocenters. The highest BCUT2D eigenvalue weighted by atomic mass is 35.5. The summed E-state index contributed by atoms with van der Waals surface area (Å²) in [7, 11) is 1.69. The third-order valence-corrected chi connectivity index (χ3v) is 6.28. The van der Waals surface area contributed by atoms with Gasteiger partial charge in [0.1, 0.15) is 11.5 Å². The third-order valence-electron chi connectivity index (χ3n) is 4.94. The topological polar surface area (TPSA) is 63.7 Å². The van der Waals surface area contributed by atoms with Crippen molar-refractivity contribution in [2.24, 2.45) is 0 Å². The van der Waals surface area contributed by atoms with Crippen LogP contribution in [0.4, 0.5) is 5.13 Å². The number of ether oxygens (including phenoxy) is 2. The first kappa shape index (κ1) is 21.9. The average Bonchev–Trinajstić information content (AvgIpc) is 3.19. The molecule has 9 heteroatoms. The highest BCUT2D eigenvalue weighted by molar-refractivity contribution is 7.13. The Morgan fingerprint density at radius 1 is 1.23 bits per heavy atom. The Hall–Kier alpha value is -2.32. The Morgan fingerprint density at radius 3 is 2.90 bits per heavy atom. The van der Waals surface area contributed by atoms with E-state index in [0.717, 1.165) is 37.5 Å². The van der Waals surface area contributed by atoms with Crippen LogP contribution in [0, 0.1) is 0 Å². The average molecular weight is 478 g/mol. The zero-order valence-corrected chi connectivity index (χ0v) is 19.2. The molecule has 0 aliphatic carbocycles. The normalized spacial score (nSPS) is 13.5. The fourth-order valence-corrected chi connectivity index (χ4v) is 4.59. The summed E-state index contributed by atoms with van der Waals surface area (Å²) in [6.07, 6.45) is 0.977. The van der Waals surface area contributed by atoms with E-state index in [4.69, 9.17) is 32.7 Å². The molecule has 0 spiro atoms. The Kier molecular flexibility index (Phi) is 6.97. The quantitative estimate of drug-likeness (QED) is 0.516. The lowest BCUT2D eigenvalue weighted by molar-refractivity contribution is -0.118. The number of halogens is 2. The molecular weight excluding hydrogens is 457 g/mol. The number of hydrogen-bond donors (Lipinski definition) is 1. The number of carbonyl (C=O) groups is 1.